The Morgan fingerprint density at radius 1 is 1.00 bits per heavy atom. The van der Waals surface area contributed by atoms with Gasteiger partial charge in [0.25, 0.3) is 0 Å². The van der Waals surface area contributed by atoms with Crippen molar-refractivity contribution in [3.05, 3.63) is 40.3 Å². The summed E-state index contributed by atoms with van der Waals surface area (Å²) in [6, 6.07) is 8.50. The molecular weight excluding hydrogens is 392 g/mol. The van der Waals surface area contributed by atoms with Crippen LogP contribution in [-0.4, -0.2) is 55.5 Å². The van der Waals surface area contributed by atoms with Crippen LogP contribution in [0.3, 0.4) is 0 Å². The Labute approximate surface area is 183 Å². The van der Waals surface area contributed by atoms with Crippen LogP contribution in [-0.2, 0) is 9.59 Å². The normalized spacial score (nSPS) is 27.5. The van der Waals surface area contributed by atoms with Gasteiger partial charge in [-0.3, -0.25) is 19.8 Å². The number of hydrogen-bond acceptors (Lipinski definition) is 5. The second kappa shape index (κ2) is 10.2. The number of anilines is 1. The van der Waals surface area contributed by atoms with Gasteiger partial charge in [0.05, 0.1) is 5.92 Å². The van der Waals surface area contributed by atoms with Crippen molar-refractivity contribution < 1.29 is 9.59 Å². The first-order chi connectivity index (χ1) is 15.1. The van der Waals surface area contributed by atoms with Gasteiger partial charge < -0.3 is 4.90 Å². The number of nitrogens with one attached hydrogen (secondary N) is 1. The molecule has 1 aromatic rings. The minimum Gasteiger partial charge on any atom is -0.369 e. The van der Waals surface area contributed by atoms with E-state index in [-0.39, 0.29) is 23.8 Å². The van der Waals surface area contributed by atoms with Crippen LogP contribution in [0.1, 0.15) is 56.4 Å². The summed E-state index contributed by atoms with van der Waals surface area (Å²) in [6.07, 6.45) is 6.69. The van der Waals surface area contributed by atoms with Gasteiger partial charge in [-0.1, -0.05) is 30.1 Å². The van der Waals surface area contributed by atoms with E-state index in [0.29, 0.717) is 12.8 Å². The minimum atomic E-state index is -0.217. The summed E-state index contributed by atoms with van der Waals surface area (Å²) in [6.45, 7) is 5.33. The summed E-state index contributed by atoms with van der Waals surface area (Å²) in [5, 5.41) is 6.32. The summed E-state index contributed by atoms with van der Waals surface area (Å²) in [5.41, 5.74) is 10.8. The average molecular weight is 425 g/mol. The van der Waals surface area contributed by atoms with Crippen molar-refractivity contribution in [2.75, 3.05) is 37.6 Å². The fraction of sp³-hybridized carbons (Fsp3) is 0.652. The van der Waals surface area contributed by atoms with Crippen molar-refractivity contribution in [2.45, 2.75) is 56.9 Å². The lowest BCUT2D eigenvalue weighted by Gasteiger charge is -2.37. The second-order valence-corrected chi connectivity index (χ2v) is 9.09. The molecule has 8 nitrogen and oxygen atoms in total. The number of hydrogen-bond donors (Lipinski definition) is 1. The zero-order valence-electron chi connectivity index (χ0n) is 18.1. The molecule has 31 heavy (non-hydrogen) atoms. The van der Waals surface area contributed by atoms with Crippen LogP contribution in [0.4, 0.5) is 5.69 Å². The van der Waals surface area contributed by atoms with E-state index in [0.717, 1.165) is 57.0 Å². The molecule has 0 bridgehead atoms. The summed E-state index contributed by atoms with van der Waals surface area (Å²) in [4.78, 5) is 31.4. The first-order valence-corrected chi connectivity index (χ1v) is 11.6. The highest BCUT2D eigenvalue weighted by atomic mass is 16.2. The largest absolute Gasteiger partial charge is 0.369 e. The number of amides is 2. The average Bonchev–Trinajstić information content (AvgIpc) is 2.79. The first kappa shape index (κ1) is 21.7. The molecule has 1 unspecified atom stereocenters. The predicted molar refractivity (Wildman–Crippen MR) is 120 cm³/mol. The number of piperidine rings is 1. The molecule has 2 saturated heterocycles. The molecule has 2 aliphatic heterocycles. The first-order valence-electron chi connectivity index (χ1n) is 11.6. The Morgan fingerprint density at radius 2 is 1.71 bits per heavy atom. The standard InChI is InChI=1S/C23H32N6O2/c24-27-26-19-5-1-17(2-6-19)11-12-28-13-15-29(16-14-28)20-7-3-18(4-8-20)21-9-10-22(30)25-23(21)31/h3-4,7-8,17,19,21H,1-2,5-6,9-16H2,(H,25,30,31). The summed E-state index contributed by atoms with van der Waals surface area (Å²) in [7, 11) is 0. The van der Waals surface area contributed by atoms with Crippen molar-refractivity contribution in [1.29, 1.82) is 0 Å². The molecular formula is C23H32N6O2. The minimum absolute atomic E-state index is 0.170. The van der Waals surface area contributed by atoms with Crippen molar-refractivity contribution >= 4 is 17.5 Å². The maximum Gasteiger partial charge on any atom is 0.234 e. The van der Waals surface area contributed by atoms with Gasteiger partial charge in [0.1, 0.15) is 0 Å². The van der Waals surface area contributed by atoms with Crippen LogP contribution in [0.15, 0.2) is 29.4 Å². The number of carbonyl (C=O) groups excluding carboxylic acids is 2. The fourth-order valence-corrected chi connectivity index (χ4v) is 5.15. The fourth-order valence-electron chi connectivity index (χ4n) is 5.15. The molecule has 4 rings (SSSR count). The molecule has 3 fully saturated rings. The van der Waals surface area contributed by atoms with Crippen LogP contribution in [0.2, 0.25) is 0 Å². The van der Waals surface area contributed by atoms with E-state index >= 15 is 0 Å². The van der Waals surface area contributed by atoms with Crippen LogP contribution in [0.5, 0.6) is 0 Å². The lowest BCUT2D eigenvalue weighted by molar-refractivity contribution is -0.134. The number of azide groups is 1. The molecule has 0 spiro atoms. The van der Waals surface area contributed by atoms with E-state index in [1.807, 2.05) is 12.1 Å². The molecule has 2 heterocycles. The SMILES string of the molecule is [N-]=[N+]=NC1CCC(CCN2CCN(c3ccc(C4CCC(=O)NC4=O)cc3)CC2)CC1. The molecule has 1 aliphatic carbocycles. The van der Waals surface area contributed by atoms with E-state index in [4.69, 9.17) is 5.53 Å². The third-order valence-electron chi connectivity index (χ3n) is 7.16. The number of carbonyl (C=O) groups is 2. The van der Waals surface area contributed by atoms with Gasteiger partial charge in [-0.2, -0.15) is 0 Å². The zero-order valence-corrected chi connectivity index (χ0v) is 18.1. The zero-order chi connectivity index (χ0) is 21.6. The lowest BCUT2D eigenvalue weighted by atomic mass is 9.84. The van der Waals surface area contributed by atoms with Gasteiger partial charge in [0, 0.05) is 49.2 Å². The van der Waals surface area contributed by atoms with Crippen LogP contribution < -0.4 is 10.2 Å². The quantitative estimate of drug-likeness (QED) is 0.326. The van der Waals surface area contributed by atoms with E-state index < -0.39 is 0 Å². The molecule has 0 radical (unpaired) electrons. The maximum atomic E-state index is 12.1. The molecule has 1 atom stereocenters. The van der Waals surface area contributed by atoms with E-state index in [9.17, 15) is 9.59 Å². The summed E-state index contributed by atoms with van der Waals surface area (Å²) in [5.74, 6) is 0.203. The molecule has 1 saturated carbocycles. The maximum absolute atomic E-state index is 12.1. The Balaban J connectivity index is 1.21. The molecule has 2 amide bonds. The third kappa shape index (κ3) is 5.57. The van der Waals surface area contributed by atoms with Crippen molar-refractivity contribution in [2.24, 2.45) is 11.0 Å². The molecule has 1 aromatic carbocycles. The highest BCUT2D eigenvalue weighted by Gasteiger charge is 2.28. The highest BCUT2D eigenvalue weighted by molar-refractivity contribution is 6.00. The van der Waals surface area contributed by atoms with Gasteiger partial charge in [-0.25, -0.2) is 0 Å². The Kier molecular flexibility index (Phi) is 7.10. The topological polar surface area (TPSA) is 101 Å². The van der Waals surface area contributed by atoms with Gasteiger partial charge in [0.2, 0.25) is 11.8 Å². The van der Waals surface area contributed by atoms with Crippen molar-refractivity contribution in [1.82, 2.24) is 10.2 Å². The summed E-state index contributed by atoms with van der Waals surface area (Å²) < 4.78 is 0. The van der Waals surface area contributed by atoms with E-state index in [1.165, 1.54) is 24.9 Å². The van der Waals surface area contributed by atoms with Crippen LogP contribution in [0, 0.1) is 5.92 Å². The Bertz CT molecular complexity index is 819. The van der Waals surface area contributed by atoms with Gasteiger partial charge in [-0.05, 0) is 61.4 Å². The van der Waals surface area contributed by atoms with Crippen molar-refractivity contribution in [3.63, 3.8) is 0 Å². The van der Waals surface area contributed by atoms with Crippen LogP contribution >= 0.6 is 0 Å². The Morgan fingerprint density at radius 3 is 2.35 bits per heavy atom. The predicted octanol–water partition coefficient (Wildman–Crippen LogP) is 3.59. The molecule has 8 heteroatoms. The van der Waals surface area contributed by atoms with Gasteiger partial charge in [0.15, 0.2) is 0 Å². The smallest absolute Gasteiger partial charge is 0.234 e. The number of imide groups is 1. The Hall–Kier alpha value is -2.57. The monoisotopic (exact) mass is 424 g/mol. The molecule has 166 valence electrons. The number of nitrogens with zero attached hydrogens (tertiary/aromatic N) is 5. The number of benzene rings is 1. The van der Waals surface area contributed by atoms with E-state index in [1.54, 1.807) is 0 Å². The summed E-state index contributed by atoms with van der Waals surface area (Å²) >= 11 is 0. The highest BCUT2D eigenvalue weighted by Crippen LogP contribution is 2.30. The second-order valence-electron chi connectivity index (χ2n) is 9.09. The molecule has 0 aromatic heterocycles. The third-order valence-corrected chi connectivity index (χ3v) is 7.16. The molecule has 3 aliphatic rings. The van der Waals surface area contributed by atoms with Crippen molar-refractivity contribution in [3.8, 4) is 0 Å². The molecule has 1 N–H and O–H groups in total. The number of rotatable bonds is 6. The lowest BCUT2D eigenvalue weighted by Crippen LogP contribution is -2.47. The van der Waals surface area contributed by atoms with Crippen LogP contribution in [0.25, 0.3) is 10.4 Å². The van der Waals surface area contributed by atoms with E-state index in [2.05, 4.69) is 37.3 Å². The van der Waals surface area contributed by atoms with Gasteiger partial charge in [-0.15, -0.1) is 0 Å². The number of piperazine rings is 1. The van der Waals surface area contributed by atoms with Gasteiger partial charge >= 0.3 is 0 Å².